The van der Waals surface area contributed by atoms with Gasteiger partial charge in [-0.25, -0.2) is 4.57 Å². The van der Waals surface area contributed by atoms with Crippen LogP contribution in [-0.4, -0.2) is 4.57 Å². The molecule has 0 radical (unpaired) electrons. The molecular weight excluding hydrogens is 316 g/mol. The normalized spacial score (nSPS) is 24.5. The first kappa shape index (κ1) is 12.1. The minimum absolute atomic E-state index is 0.109. The summed E-state index contributed by atoms with van der Waals surface area (Å²) >= 11 is 0. The molecule has 0 amide bonds. The fraction of sp³-hybridized carbons (Fsp3) is 0.375. The minimum Gasteiger partial charge on any atom is -0.220 e. The van der Waals surface area contributed by atoms with Gasteiger partial charge >= 0.3 is 0 Å². The first-order chi connectivity index (χ1) is 14.3. The lowest BCUT2D eigenvalue weighted by atomic mass is 9.91. The van der Waals surface area contributed by atoms with Crippen molar-refractivity contribution in [1.29, 1.82) is 0 Å². The van der Waals surface area contributed by atoms with E-state index < -0.39 is 12.9 Å². The van der Waals surface area contributed by atoms with Crippen molar-refractivity contribution in [2.45, 2.75) is 52.4 Å². The Morgan fingerprint density at radius 3 is 2.54 bits per heavy atom. The predicted octanol–water partition coefficient (Wildman–Crippen LogP) is 5.45. The lowest BCUT2D eigenvalue weighted by Gasteiger charge is -2.19. The van der Waals surface area contributed by atoms with Gasteiger partial charge in [-0.15, -0.1) is 0 Å². The maximum absolute atomic E-state index is 9.79. The molecule has 2 nitrogen and oxygen atoms in total. The van der Waals surface area contributed by atoms with Crippen molar-refractivity contribution < 1.29 is 10.1 Å². The van der Waals surface area contributed by atoms with E-state index in [9.17, 15) is 1.37 Å². The number of benzene rings is 2. The highest BCUT2D eigenvalue weighted by Gasteiger charge is 2.44. The van der Waals surface area contributed by atoms with Crippen LogP contribution in [0.1, 0.15) is 59.8 Å². The SMILES string of the molecule is [2H]C([2H])([2H])c1n(-c2ccccc2C)c(C)c2[n+]1C([2H])(C1CCCC1)c1ccccc1-2. The first-order valence-corrected chi connectivity index (χ1v) is 9.60. The molecule has 0 N–H and O–H groups in total. The summed E-state index contributed by atoms with van der Waals surface area (Å²) in [6, 6.07) is 14.8. The predicted molar refractivity (Wildman–Crippen MR) is 106 cm³/mol. The Kier molecular flexibility index (Phi) is 2.72. The van der Waals surface area contributed by atoms with Gasteiger partial charge in [-0.05, 0) is 31.4 Å². The molecule has 1 aliphatic heterocycles. The van der Waals surface area contributed by atoms with Gasteiger partial charge in [0, 0.05) is 34.9 Å². The van der Waals surface area contributed by atoms with Crippen molar-refractivity contribution in [1.82, 2.24) is 4.57 Å². The molecule has 0 saturated heterocycles. The molecule has 5 rings (SSSR count). The van der Waals surface area contributed by atoms with E-state index in [1.165, 1.54) is 0 Å². The Balaban J connectivity index is 1.92. The highest BCUT2D eigenvalue weighted by molar-refractivity contribution is 5.68. The molecule has 26 heavy (non-hydrogen) atoms. The molecule has 1 atom stereocenters. The Morgan fingerprint density at radius 2 is 1.77 bits per heavy atom. The largest absolute Gasteiger partial charge is 0.259 e. The van der Waals surface area contributed by atoms with Crippen molar-refractivity contribution in [3.8, 4) is 16.9 Å². The number of nitrogens with zero attached hydrogens (tertiary/aromatic N) is 2. The summed E-state index contributed by atoms with van der Waals surface area (Å²) in [6.45, 7) is 1.65. The average molecular weight is 348 g/mol. The number of para-hydroxylation sites is 1. The fourth-order valence-electron chi connectivity index (χ4n) is 4.93. The van der Waals surface area contributed by atoms with Crippen LogP contribution in [0.5, 0.6) is 0 Å². The first-order valence-electron chi connectivity index (χ1n) is 11.6. The van der Waals surface area contributed by atoms with E-state index in [0.717, 1.165) is 59.4 Å². The van der Waals surface area contributed by atoms with Crippen LogP contribution in [0.3, 0.4) is 0 Å². The van der Waals surface area contributed by atoms with Crippen LogP contribution in [0.25, 0.3) is 16.9 Å². The van der Waals surface area contributed by atoms with E-state index in [0.29, 0.717) is 0 Å². The monoisotopic (exact) mass is 347 g/mol. The van der Waals surface area contributed by atoms with Crippen LogP contribution in [0, 0.1) is 26.6 Å². The second kappa shape index (κ2) is 5.84. The minimum atomic E-state index is -2.35. The summed E-state index contributed by atoms with van der Waals surface area (Å²) in [5.74, 6) is 0.348. The third-order valence-electron chi connectivity index (χ3n) is 6.12. The van der Waals surface area contributed by atoms with E-state index in [-0.39, 0.29) is 11.7 Å². The second-order valence-corrected chi connectivity index (χ2v) is 7.63. The number of rotatable bonds is 2. The molecule has 2 heteroatoms. The van der Waals surface area contributed by atoms with Crippen LogP contribution in [0.2, 0.25) is 0 Å². The summed E-state index contributed by atoms with van der Waals surface area (Å²) < 4.78 is 39.0. The maximum atomic E-state index is 9.79. The Hall–Kier alpha value is -2.35. The Labute approximate surface area is 161 Å². The quantitative estimate of drug-likeness (QED) is 0.545. The summed E-state index contributed by atoms with van der Waals surface area (Å²) in [5.41, 5.74) is 5.59. The molecular formula is C24H27N2+. The number of aryl methyl sites for hydroxylation is 1. The van der Waals surface area contributed by atoms with E-state index in [1.54, 1.807) is 0 Å². The number of fused-ring (bicyclic) bond motifs is 3. The molecule has 1 saturated carbocycles. The topological polar surface area (TPSA) is 8.81 Å². The zero-order valence-electron chi connectivity index (χ0n) is 19.4. The summed E-state index contributed by atoms with van der Waals surface area (Å²) in [6.07, 6.45) is 4.12. The van der Waals surface area contributed by atoms with Crippen LogP contribution in [-0.2, 0) is 0 Å². The lowest BCUT2D eigenvalue weighted by Crippen LogP contribution is -2.43. The number of hydrogen-bond donors (Lipinski definition) is 0. The average Bonchev–Trinajstić information content (AvgIpc) is 3.39. The van der Waals surface area contributed by atoms with E-state index in [2.05, 4.69) is 0 Å². The maximum Gasteiger partial charge on any atom is 0.259 e. The van der Waals surface area contributed by atoms with Crippen molar-refractivity contribution in [3.05, 3.63) is 71.2 Å². The molecule has 0 spiro atoms. The van der Waals surface area contributed by atoms with Crippen LogP contribution in [0.15, 0.2) is 48.5 Å². The van der Waals surface area contributed by atoms with Crippen LogP contribution < -0.4 is 4.57 Å². The molecule has 1 aromatic heterocycles. The van der Waals surface area contributed by atoms with Gasteiger partial charge in [-0.2, -0.15) is 4.57 Å². The molecule has 2 aromatic carbocycles. The van der Waals surface area contributed by atoms with Crippen molar-refractivity contribution in [3.63, 3.8) is 0 Å². The van der Waals surface area contributed by atoms with Gasteiger partial charge in [0.15, 0.2) is 11.4 Å². The molecule has 0 bridgehead atoms. The highest BCUT2D eigenvalue weighted by Crippen LogP contribution is 2.45. The summed E-state index contributed by atoms with van der Waals surface area (Å²) in [4.78, 5) is 0. The van der Waals surface area contributed by atoms with Crippen LogP contribution >= 0.6 is 0 Å². The van der Waals surface area contributed by atoms with Gasteiger partial charge in [0.2, 0.25) is 0 Å². The third-order valence-corrected chi connectivity index (χ3v) is 6.12. The smallest absolute Gasteiger partial charge is 0.220 e. The van der Waals surface area contributed by atoms with E-state index in [4.69, 9.17) is 4.11 Å². The number of hydrogen-bond acceptors (Lipinski definition) is 0. The molecule has 132 valence electrons. The molecule has 2 heterocycles. The standard InChI is InChI=1S/C24H27N2/c1-16-10-4-9-15-22(16)25-17(2)23-20-13-7-8-14-21(20)24(26(23)18(25)3)19-11-5-6-12-19/h4,7-10,13-15,19,24H,5-6,11-12H2,1-3H3/q+1/i3D3,24D. The lowest BCUT2D eigenvalue weighted by molar-refractivity contribution is -0.710. The van der Waals surface area contributed by atoms with Gasteiger partial charge in [-0.1, -0.05) is 55.3 Å². The van der Waals surface area contributed by atoms with Crippen molar-refractivity contribution in [2.24, 2.45) is 5.92 Å². The molecule has 1 fully saturated rings. The highest BCUT2D eigenvalue weighted by atomic mass is 15.2. The molecule has 2 aliphatic rings. The van der Waals surface area contributed by atoms with E-state index >= 15 is 0 Å². The van der Waals surface area contributed by atoms with Gasteiger partial charge in [-0.3, -0.25) is 0 Å². The van der Waals surface area contributed by atoms with Crippen molar-refractivity contribution >= 4 is 0 Å². The zero-order valence-corrected chi connectivity index (χ0v) is 15.4. The van der Waals surface area contributed by atoms with E-state index in [1.807, 2.05) is 71.5 Å². The Bertz CT molecular complexity index is 1140. The Morgan fingerprint density at radius 1 is 1.04 bits per heavy atom. The third kappa shape index (κ3) is 2.08. The zero-order chi connectivity index (χ0) is 21.3. The summed E-state index contributed by atoms with van der Waals surface area (Å²) in [7, 11) is 0. The summed E-state index contributed by atoms with van der Waals surface area (Å²) in [5, 5.41) is 0. The second-order valence-electron chi connectivity index (χ2n) is 7.63. The van der Waals surface area contributed by atoms with Gasteiger partial charge in [0.1, 0.15) is 11.7 Å². The molecule has 1 unspecified atom stereocenters. The van der Waals surface area contributed by atoms with Crippen LogP contribution in [0.4, 0.5) is 0 Å². The molecule has 1 aliphatic carbocycles. The number of imidazole rings is 1. The molecule has 3 aromatic rings. The van der Waals surface area contributed by atoms with Gasteiger partial charge < -0.3 is 0 Å². The van der Waals surface area contributed by atoms with Crippen molar-refractivity contribution in [2.75, 3.05) is 0 Å². The fourth-order valence-corrected chi connectivity index (χ4v) is 4.93. The van der Waals surface area contributed by atoms with Gasteiger partial charge in [0.05, 0.1) is 1.37 Å². The van der Waals surface area contributed by atoms with Gasteiger partial charge in [0.25, 0.3) is 5.82 Å². The number of aromatic nitrogens is 2.